The van der Waals surface area contributed by atoms with Gasteiger partial charge in [0.25, 0.3) is 0 Å². The molecule has 300 valence electrons. The lowest BCUT2D eigenvalue weighted by Gasteiger charge is -2.22. The Kier molecular flexibility index (Phi) is 14.5. The maximum atomic E-state index is 13.6. The van der Waals surface area contributed by atoms with E-state index in [9.17, 15) is 28.8 Å². The number of ketones is 2. The maximum Gasteiger partial charge on any atom is 0.313 e. The van der Waals surface area contributed by atoms with E-state index in [1.165, 1.54) is 12.2 Å². The van der Waals surface area contributed by atoms with Gasteiger partial charge in [-0.25, -0.2) is 0 Å². The molecule has 0 heterocycles. The average molecular weight is 783 g/mol. The molecular weight excluding hydrogens is 733 g/mol. The maximum absolute atomic E-state index is 13.6. The van der Waals surface area contributed by atoms with Crippen molar-refractivity contribution in [1.29, 1.82) is 0 Å². The molecule has 0 spiro atoms. The lowest BCUT2D eigenvalue weighted by molar-refractivity contribution is -0.149. The zero-order valence-corrected chi connectivity index (χ0v) is 33.5. The van der Waals surface area contributed by atoms with Gasteiger partial charge in [0, 0.05) is 11.1 Å². The fourth-order valence-electron chi connectivity index (χ4n) is 7.34. The van der Waals surface area contributed by atoms with Gasteiger partial charge in [0.05, 0.1) is 24.9 Å². The Balaban J connectivity index is 1.68. The van der Waals surface area contributed by atoms with E-state index in [0.29, 0.717) is 24.0 Å². The summed E-state index contributed by atoms with van der Waals surface area (Å²) < 4.78 is 11.1. The van der Waals surface area contributed by atoms with Crippen LogP contribution in [0.4, 0.5) is 0 Å². The summed E-state index contributed by atoms with van der Waals surface area (Å²) in [6, 6.07) is 15.8. The quantitative estimate of drug-likeness (QED) is 0.0847. The normalized spacial score (nSPS) is 14.9. The van der Waals surface area contributed by atoms with Gasteiger partial charge in [-0.05, 0) is 104 Å². The lowest BCUT2D eigenvalue weighted by atomic mass is 9.82. The SMILES string of the molecule is C=CC(=O)NCCOC(=O)C(CC(C)C)C1=CC(=c2c3ccccc3c(=C3C=CC(=O)C(C(CC(C)C)C(=O)OCCNC(=O)C=C)=C3)c3ccccc23)C=CC1=O. The second kappa shape index (κ2) is 19.6. The third-order valence-electron chi connectivity index (χ3n) is 9.92. The van der Waals surface area contributed by atoms with Crippen LogP contribution in [0, 0.1) is 23.7 Å². The topological polar surface area (TPSA) is 145 Å². The molecule has 10 heteroatoms. The van der Waals surface area contributed by atoms with Crippen LogP contribution in [0.5, 0.6) is 0 Å². The van der Waals surface area contributed by atoms with Crippen molar-refractivity contribution in [3.8, 4) is 0 Å². The molecule has 0 saturated carbocycles. The number of ether oxygens (including phenoxy) is 2. The van der Waals surface area contributed by atoms with Crippen molar-refractivity contribution in [3.05, 3.63) is 132 Å². The zero-order chi connectivity index (χ0) is 41.9. The Hall–Kier alpha value is -6.42. The van der Waals surface area contributed by atoms with E-state index in [1.807, 2.05) is 76.2 Å². The second-order valence-electron chi connectivity index (χ2n) is 15.0. The Labute approximate surface area is 338 Å². The predicted octanol–water partition coefficient (Wildman–Crippen LogP) is 5.44. The van der Waals surface area contributed by atoms with Gasteiger partial charge >= 0.3 is 11.9 Å². The van der Waals surface area contributed by atoms with Crippen LogP contribution in [0.15, 0.2) is 121 Å². The molecule has 2 N–H and O–H groups in total. The van der Waals surface area contributed by atoms with Gasteiger partial charge in [-0.2, -0.15) is 0 Å². The number of benzene rings is 3. The standard InChI is InChI=1S/C48H50N2O8/c1-7-43(53)49-21-23-57-47(55)39(25-29(3)4)37-27-31(17-19-41(37)51)45-33-13-9-11-15-35(33)46(36-16-12-10-14-34(36)45)32-18-20-42(52)38(28-32)40(26-30(5)6)48(56)58-24-22-50-44(54)8-2/h7-20,27-30,39-40H,1-2,21-26H2,3-6H3,(H,49,53)(H,50,54). The summed E-state index contributed by atoms with van der Waals surface area (Å²) in [5.74, 6) is -3.93. The fourth-order valence-corrected chi connectivity index (χ4v) is 7.34. The predicted molar refractivity (Wildman–Crippen MR) is 226 cm³/mol. The highest BCUT2D eigenvalue weighted by molar-refractivity contribution is 6.15. The van der Waals surface area contributed by atoms with Crippen molar-refractivity contribution in [2.45, 2.75) is 40.5 Å². The average Bonchev–Trinajstić information content (AvgIpc) is 3.21. The van der Waals surface area contributed by atoms with Crippen LogP contribution in [0.25, 0.3) is 32.7 Å². The molecule has 5 rings (SSSR count). The Morgan fingerprint density at radius 1 is 0.586 bits per heavy atom. The summed E-state index contributed by atoms with van der Waals surface area (Å²) >= 11 is 0. The number of carbonyl (C=O) groups is 6. The van der Waals surface area contributed by atoms with Crippen LogP contribution in [0.1, 0.15) is 40.5 Å². The van der Waals surface area contributed by atoms with Gasteiger partial charge in [0.1, 0.15) is 13.2 Å². The van der Waals surface area contributed by atoms with E-state index in [-0.39, 0.29) is 61.5 Å². The molecule has 0 aromatic heterocycles. The molecule has 0 fully saturated rings. The fraction of sp³-hybridized carbons (Fsp3) is 0.292. The number of carbonyl (C=O) groups excluding carboxylic acids is 6. The van der Waals surface area contributed by atoms with Gasteiger partial charge in [0.2, 0.25) is 11.8 Å². The number of nitrogens with one attached hydrogen (secondary N) is 2. The molecule has 2 aliphatic rings. The molecule has 10 nitrogen and oxygen atoms in total. The summed E-state index contributed by atoms with van der Waals surface area (Å²) in [5.41, 5.74) is 2.14. The van der Waals surface area contributed by atoms with Gasteiger partial charge < -0.3 is 20.1 Å². The number of allylic oxidation sites excluding steroid dienone is 6. The van der Waals surface area contributed by atoms with Gasteiger partial charge in [-0.1, -0.05) is 102 Å². The monoisotopic (exact) mass is 782 g/mol. The minimum atomic E-state index is -0.834. The van der Waals surface area contributed by atoms with Crippen molar-refractivity contribution in [2.75, 3.05) is 26.3 Å². The first-order chi connectivity index (χ1) is 27.8. The van der Waals surface area contributed by atoms with Crippen LogP contribution < -0.4 is 21.1 Å². The highest BCUT2D eigenvalue weighted by Gasteiger charge is 2.32. The highest BCUT2D eigenvalue weighted by atomic mass is 16.5. The molecule has 58 heavy (non-hydrogen) atoms. The molecule has 3 aromatic carbocycles. The van der Waals surface area contributed by atoms with Crippen molar-refractivity contribution in [3.63, 3.8) is 0 Å². The van der Waals surface area contributed by atoms with Crippen LogP contribution in [0.2, 0.25) is 0 Å². The van der Waals surface area contributed by atoms with E-state index in [1.54, 1.807) is 24.3 Å². The minimum Gasteiger partial charge on any atom is -0.463 e. The number of rotatable bonds is 16. The van der Waals surface area contributed by atoms with Crippen molar-refractivity contribution in [2.24, 2.45) is 23.7 Å². The first-order valence-electron chi connectivity index (χ1n) is 19.5. The summed E-state index contributed by atoms with van der Waals surface area (Å²) in [6.07, 6.45) is 13.2. The molecule has 0 radical (unpaired) electrons. The van der Waals surface area contributed by atoms with Crippen LogP contribution in [-0.4, -0.2) is 61.6 Å². The van der Waals surface area contributed by atoms with Gasteiger partial charge in [-0.15, -0.1) is 0 Å². The Bertz CT molecular complexity index is 2200. The number of fused-ring (bicyclic) bond motifs is 2. The Morgan fingerprint density at radius 3 is 1.24 bits per heavy atom. The van der Waals surface area contributed by atoms with E-state index < -0.39 is 23.8 Å². The summed E-state index contributed by atoms with van der Waals surface area (Å²) in [6.45, 7) is 14.9. The summed E-state index contributed by atoms with van der Waals surface area (Å²) in [5, 5.41) is 10.4. The number of amides is 2. The van der Waals surface area contributed by atoms with Gasteiger partial charge in [0.15, 0.2) is 11.6 Å². The van der Waals surface area contributed by atoms with E-state index in [4.69, 9.17) is 9.47 Å². The van der Waals surface area contributed by atoms with Crippen LogP contribution >= 0.6 is 0 Å². The molecule has 0 aliphatic heterocycles. The smallest absolute Gasteiger partial charge is 0.313 e. The molecular formula is C48H50N2O8. The van der Waals surface area contributed by atoms with E-state index >= 15 is 0 Å². The summed E-state index contributed by atoms with van der Waals surface area (Å²) in [7, 11) is 0. The zero-order valence-electron chi connectivity index (χ0n) is 33.5. The molecule has 2 aliphatic carbocycles. The molecule has 3 aromatic rings. The van der Waals surface area contributed by atoms with E-state index in [2.05, 4.69) is 23.8 Å². The largest absolute Gasteiger partial charge is 0.463 e. The lowest BCUT2D eigenvalue weighted by Crippen LogP contribution is -2.30. The van der Waals surface area contributed by atoms with Crippen molar-refractivity contribution >= 4 is 68.0 Å². The highest BCUT2D eigenvalue weighted by Crippen LogP contribution is 2.30. The van der Waals surface area contributed by atoms with E-state index in [0.717, 1.165) is 55.3 Å². The molecule has 2 atom stereocenters. The molecule has 0 saturated heterocycles. The molecule has 2 amide bonds. The van der Waals surface area contributed by atoms with Crippen LogP contribution in [0.3, 0.4) is 0 Å². The van der Waals surface area contributed by atoms with Crippen molar-refractivity contribution < 1.29 is 38.2 Å². The van der Waals surface area contributed by atoms with Crippen LogP contribution in [-0.2, 0) is 38.2 Å². The molecule has 0 bridgehead atoms. The third-order valence-corrected chi connectivity index (χ3v) is 9.92. The Morgan fingerprint density at radius 2 is 0.931 bits per heavy atom. The molecule has 2 unspecified atom stereocenters. The van der Waals surface area contributed by atoms with Crippen molar-refractivity contribution in [1.82, 2.24) is 10.6 Å². The number of hydrogen-bond acceptors (Lipinski definition) is 8. The first kappa shape index (κ1) is 42.7. The first-order valence-corrected chi connectivity index (χ1v) is 19.5. The minimum absolute atomic E-state index is 0.0538. The van der Waals surface area contributed by atoms with Gasteiger partial charge in [-0.3, -0.25) is 28.8 Å². The second-order valence-corrected chi connectivity index (χ2v) is 15.0. The number of hydrogen-bond donors (Lipinski definition) is 2. The summed E-state index contributed by atoms with van der Waals surface area (Å²) in [4.78, 5) is 77.4. The number of esters is 2. The third kappa shape index (κ3) is 10.1.